The number of carbonyl (C=O) groups is 15. The first kappa shape index (κ1) is 75.0. The number of nitrogens with zero attached hydrogens (tertiary/aromatic N) is 2. The average molecular weight is 1260 g/mol. The molecule has 89 heavy (non-hydrogen) atoms. The zero-order valence-electron chi connectivity index (χ0n) is 51.5. The van der Waals surface area contributed by atoms with Crippen LogP contribution in [0.3, 0.4) is 0 Å². The lowest BCUT2D eigenvalue weighted by Crippen LogP contribution is -2.63. The van der Waals surface area contributed by atoms with Crippen molar-refractivity contribution < 1.29 is 92.3 Å². The first-order valence-corrected chi connectivity index (χ1v) is 30.6. The number of hydrogen-bond acceptors (Lipinski definition) is 16. The smallest absolute Gasteiger partial charge is 0.305 e. The van der Waals surface area contributed by atoms with Crippen LogP contribution in [-0.4, -0.2) is 213 Å². The van der Waals surface area contributed by atoms with Gasteiger partial charge in [-0.2, -0.15) is 0 Å². The van der Waals surface area contributed by atoms with Gasteiger partial charge in [-0.25, -0.2) is 0 Å². The molecule has 31 heteroatoms. The van der Waals surface area contributed by atoms with Crippen LogP contribution in [0.4, 0.5) is 0 Å². The number of aliphatic hydroxyl groups is 1. The second kappa shape index (κ2) is 38.9. The van der Waals surface area contributed by atoms with E-state index in [2.05, 4.69) is 67.0 Å². The molecule has 12 amide bonds. The molecule has 10 atom stereocenters. The van der Waals surface area contributed by atoms with Crippen molar-refractivity contribution in [3.05, 3.63) is 12.2 Å². The predicted octanol–water partition coefficient (Wildman–Crippen LogP) is -2.29. The Morgan fingerprint density at radius 2 is 1.07 bits per heavy atom. The lowest BCUT2D eigenvalue weighted by molar-refractivity contribution is -0.146. The highest BCUT2D eigenvalue weighted by Crippen LogP contribution is 2.23. The van der Waals surface area contributed by atoms with Crippen LogP contribution in [0, 0.1) is 11.8 Å². The number of aliphatic hydroxyl groups excluding tert-OH is 1. The monoisotopic (exact) mass is 1260 g/mol. The Hall–Kier alpha value is -8.25. The van der Waals surface area contributed by atoms with Gasteiger partial charge in [-0.15, -0.1) is 0 Å². The fourth-order valence-corrected chi connectivity index (χ4v) is 10.3. The molecule has 0 spiro atoms. The van der Waals surface area contributed by atoms with Crippen molar-refractivity contribution >= 4 is 88.8 Å². The molecule has 0 radical (unpaired) electrons. The number of carboxylic acid groups (broad SMARTS) is 3. The summed E-state index contributed by atoms with van der Waals surface area (Å²) in [5.74, 6) is -17.2. The molecule has 0 aromatic rings. The van der Waals surface area contributed by atoms with Crippen molar-refractivity contribution in [3.8, 4) is 0 Å². The van der Waals surface area contributed by atoms with Gasteiger partial charge in [-0.05, 0) is 69.8 Å². The number of carboxylic acids is 3. The Labute approximate surface area is 516 Å². The van der Waals surface area contributed by atoms with Crippen molar-refractivity contribution in [1.29, 1.82) is 0 Å². The number of allylic oxidation sites excluding steroid dienone is 1. The predicted molar refractivity (Wildman–Crippen MR) is 316 cm³/mol. The van der Waals surface area contributed by atoms with E-state index >= 15 is 0 Å². The minimum atomic E-state index is -1.90. The maximum absolute atomic E-state index is 14.8. The topological polar surface area (TPSA) is 464 Å². The van der Waals surface area contributed by atoms with Crippen LogP contribution in [0.2, 0.25) is 0 Å². The van der Waals surface area contributed by atoms with Gasteiger partial charge >= 0.3 is 17.9 Å². The minimum absolute atomic E-state index is 0.0160. The normalized spacial score (nSPS) is 23.9. The maximum atomic E-state index is 14.8. The van der Waals surface area contributed by atoms with Crippen molar-refractivity contribution in [2.75, 3.05) is 39.3 Å². The molecule has 3 heterocycles. The molecular formula is C58H92N12O19. The van der Waals surface area contributed by atoms with Gasteiger partial charge in [0, 0.05) is 19.6 Å². The number of hydrogen-bond donors (Lipinski definition) is 14. The Morgan fingerprint density at radius 3 is 1.60 bits per heavy atom. The zero-order valence-corrected chi connectivity index (χ0v) is 51.5. The summed E-state index contributed by atoms with van der Waals surface area (Å²) in [4.78, 5) is 202. The van der Waals surface area contributed by atoms with E-state index in [0.717, 1.165) is 43.9 Å². The highest BCUT2D eigenvalue weighted by molar-refractivity contribution is 6.00. The third-order valence-electron chi connectivity index (χ3n) is 15.4. The summed E-state index contributed by atoms with van der Waals surface area (Å²) in [6.45, 7) is 5.09. The van der Waals surface area contributed by atoms with Gasteiger partial charge < -0.3 is 83.4 Å². The minimum Gasteiger partial charge on any atom is -0.481 e. The molecule has 3 rings (SSSR count). The van der Waals surface area contributed by atoms with Gasteiger partial charge in [0.2, 0.25) is 70.9 Å². The molecule has 498 valence electrons. The highest BCUT2D eigenvalue weighted by Gasteiger charge is 2.43. The van der Waals surface area contributed by atoms with Gasteiger partial charge in [0.1, 0.15) is 48.3 Å². The van der Waals surface area contributed by atoms with Crippen molar-refractivity contribution in [3.63, 3.8) is 0 Å². The van der Waals surface area contributed by atoms with Gasteiger partial charge in [-0.3, -0.25) is 71.9 Å². The molecule has 14 N–H and O–H groups in total. The fraction of sp³-hybridized carbons (Fsp3) is 0.707. The standard InChI is InChI=1S/C58H92N12O19/c1-6-34(4)49-58(89)70-25-19-22-41(70)54(85)59-29-39(66-53(84)38(28-48(80)81)63-42(72)23-16-14-12-10-8-7-9-11-13-15-20-33(2)3)57(88)69-24-18-17-21-40(69)55(86)62-31-44(74)65-36(26-46(76)77)51(82)60-30-43(73)64-37(27-47(78)79)52(83)61-32-45(75)67-50(35(5)71)56(87)68-49/h16,23,33-41,49-50,71H,6-15,17-22,24-32H2,1-5H3,(H,59,85)(H,60,82)(H,61,83)(H,62,86)(H,63,72)(H,64,73)(H,65,74)(H,66,84)(H,67,75)(H,68,87)(H,76,77)(H,78,79)(H,80,81)/b23-16+. The van der Waals surface area contributed by atoms with E-state index < -0.39 is 195 Å². The Bertz CT molecular complexity index is 2550. The van der Waals surface area contributed by atoms with Crippen LogP contribution in [-0.2, 0) is 71.9 Å². The molecule has 0 aromatic heterocycles. The number of fused-ring (bicyclic) bond motifs is 2. The van der Waals surface area contributed by atoms with E-state index in [1.807, 2.05) is 0 Å². The number of aliphatic carboxylic acids is 3. The van der Waals surface area contributed by atoms with Crippen LogP contribution in [0.1, 0.15) is 157 Å². The largest absolute Gasteiger partial charge is 0.481 e. The van der Waals surface area contributed by atoms with Gasteiger partial charge in [0.15, 0.2) is 0 Å². The maximum Gasteiger partial charge on any atom is 0.305 e. The molecule has 10 unspecified atom stereocenters. The molecule has 0 bridgehead atoms. The Kier molecular flexibility index (Phi) is 32.8. The molecule has 3 saturated heterocycles. The number of nitrogens with one attached hydrogen (secondary N) is 10. The van der Waals surface area contributed by atoms with Crippen molar-refractivity contribution in [2.24, 2.45) is 11.8 Å². The second-order valence-electron chi connectivity index (χ2n) is 23.1. The zero-order chi connectivity index (χ0) is 66.3. The van der Waals surface area contributed by atoms with E-state index in [-0.39, 0.29) is 38.8 Å². The number of unbranched alkanes of at least 4 members (excludes halogenated alkanes) is 8. The average Bonchev–Trinajstić information content (AvgIpc) is 2.09. The first-order chi connectivity index (χ1) is 42.1. The van der Waals surface area contributed by atoms with E-state index in [9.17, 15) is 92.3 Å². The summed E-state index contributed by atoms with van der Waals surface area (Å²) in [7, 11) is 0. The molecule has 0 aliphatic carbocycles. The van der Waals surface area contributed by atoms with Gasteiger partial charge in [0.05, 0.1) is 45.0 Å². The fourth-order valence-electron chi connectivity index (χ4n) is 10.3. The van der Waals surface area contributed by atoms with Crippen LogP contribution < -0.4 is 53.2 Å². The van der Waals surface area contributed by atoms with Crippen LogP contribution in [0.5, 0.6) is 0 Å². The summed E-state index contributed by atoms with van der Waals surface area (Å²) < 4.78 is 0. The second-order valence-corrected chi connectivity index (χ2v) is 23.1. The summed E-state index contributed by atoms with van der Waals surface area (Å²) in [5, 5.41) is 62.5. The molecule has 3 aliphatic rings. The van der Waals surface area contributed by atoms with Crippen LogP contribution in [0.15, 0.2) is 12.2 Å². The van der Waals surface area contributed by atoms with Crippen LogP contribution in [0.25, 0.3) is 0 Å². The number of piperidine rings is 1. The highest BCUT2D eigenvalue weighted by atomic mass is 16.4. The van der Waals surface area contributed by atoms with Gasteiger partial charge in [0.25, 0.3) is 0 Å². The number of amides is 12. The first-order valence-electron chi connectivity index (χ1n) is 30.6. The van der Waals surface area contributed by atoms with E-state index in [1.165, 1.54) is 36.7 Å². The quantitative estimate of drug-likeness (QED) is 0.0357. The summed E-state index contributed by atoms with van der Waals surface area (Å²) in [6, 6.07) is -13.2. The summed E-state index contributed by atoms with van der Waals surface area (Å²) in [6.07, 6.45) is 9.55. The van der Waals surface area contributed by atoms with E-state index in [0.29, 0.717) is 25.2 Å². The van der Waals surface area contributed by atoms with Gasteiger partial charge in [-0.1, -0.05) is 91.6 Å². The molecule has 3 fully saturated rings. The number of rotatable bonds is 24. The molecule has 0 aromatic carbocycles. The van der Waals surface area contributed by atoms with Crippen molar-refractivity contribution in [1.82, 2.24) is 63.0 Å². The van der Waals surface area contributed by atoms with Crippen LogP contribution >= 0.6 is 0 Å². The Balaban J connectivity index is 2.00. The van der Waals surface area contributed by atoms with Crippen molar-refractivity contribution in [2.45, 2.75) is 211 Å². The molecule has 31 nitrogen and oxygen atoms in total. The molecule has 0 saturated carbocycles. The lowest BCUT2D eigenvalue weighted by Gasteiger charge is -2.37. The molecular weight excluding hydrogens is 1170 g/mol. The van der Waals surface area contributed by atoms with E-state index in [1.54, 1.807) is 19.9 Å². The third kappa shape index (κ3) is 26.9. The SMILES string of the molecule is CCC(C)C1NC(=O)C(C(C)O)NC(=O)CNC(=O)C(CC(=O)O)NC(=O)CNC(=O)C(CC(=O)O)NC(=O)CNC(=O)C2CCCCN2C(=O)C(NC(=O)C(CC(=O)O)NC(=O)/C=C/CCCCCCCCCCC(C)C)CNC(=O)C2CCCN2C1=O. The number of carbonyl (C=O) groups excluding carboxylic acids is 12. The Morgan fingerprint density at radius 1 is 0.573 bits per heavy atom. The lowest BCUT2D eigenvalue weighted by atomic mass is 9.96. The molecule has 3 aliphatic heterocycles. The summed E-state index contributed by atoms with van der Waals surface area (Å²) >= 11 is 0. The third-order valence-corrected chi connectivity index (χ3v) is 15.4. The summed E-state index contributed by atoms with van der Waals surface area (Å²) in [5.41, 5.74) is 0. The van der Waals surface area contributed by atoms with E-state index in [4.69, 9.17) is 0 Å².